The molecule has 1 fully saturated rings. The van der Waals surface area contributed by atoms with Crippen LogP contribution in [0.4, 0.5) is 17.2 Å². The summed E-state index contributed by atoms with van der Waals surface area (Å²) in [6.07, 6.45) is 0. The van der Waals surface area contributed by atoms with E-state index in [0.29, 0.717) is 48.5 Å². The second-order valence-electron chi connectivity index (χ2n) is 6.02. The molecule has 0 unspecified atom stereocenters. The summed E-state index contributed by atoms with van der Waals surface area (Å²) in [5.74, 6) is 0.839. The van der Waals surface area contributed by atoms with Crippen LogP contribution in [0.1, 0.15) is 5.76 Å². The summed E-state index contributed by atoms with van der Waals surface area (Å²) in [7, 11) is 0. The van der Waals surface area contributed by atoms with Crippen molar-refractivity contribution >= 4 is 34.7 Å². The number of piperazine rings is 1. The molecule has 0 atom stereocenters. The summed E-state index contributed by atoms with van der Waals surface area (Å²) in [6.45, 7) is 4.37. The summed E-state index contributed by atoms with van der Waals surface area (Å²) in [6, 6.07) is 6.31. The molecule has 1 aliphatic rings. The maximum absolute atomic E-state index is 12.1. The van der Waals surface area contributed by atoms with Gasteiger partial charge in [0.1, 0.15) is 11.4 Å². The molecule has 0 aliphatic carbocycles. The molecule has 1 amide bonds. The third kappa shape index (κ3) is 4.30. The number of nitrogens with zero attached hydrogens (tertiary/aromatic N) is 4. The predicted molar refractivity (Wildman–Crippen MR) is 96.6 cm³/mol. The number of anilines is 2. The normalized spacial score (nSPS) is 15.1. The van der Waals surface area contributed by atoms with Crippen LogP contribution in [0.2, 0.25) is 5.02 Å². The van der Waals surface area contributed by atoms with Gasteiger partial charge in [-0.15, -0.1) is 0 Å². The molecule has 2 heterocycles. The predicted octanol–water partition coefficient (Wildman–Crippen LogP) is 2.31. The molecule has 0 saturated carbocycles. The number of aryl methyl sites for hydroxylation is 1. The Morgan fingerprint density at radius 1 is 1.35 bits per heavy atom. The van der Waals surface area contributed by atoms with Crippen molar-refractivity contribution in [3.05, 3.63) is 45.2 Å². The smallest absolute Gasteiger partial charge is 0.294 e. The molecule has 0 bridgehead atoms. The molecule has 3 rings (SSSR count). The van der Waals surface area contributed by atoms with Crippen LogP contribution in [0, 0.1) is 17.0 Å². The fourth-order valence-electron chi connectivity index (χ4n) is 2.87. The van der Waals surface area contributed by atoms with Crippen LogP contribution in [0.5, 0.6) is 0 Å². The minimum Gasteiger partial charge on any atom is -0.363 e. The monoisotopic (exact) mass is 379 g/mol. The maximum Gasteiger partial charge on any atom is 0.294 e. The van der Waals surface area contributed by atoms with Crippen molar-refractivity contribution in [3.63, 3.8) is 0 Å². The average molecular weight is 380 g/mol. The standard InChI is InChI=1S/C16H18ClN5O4/c1-11-8-15(19-26-11)18-16(23)10-20-4-6-21(7-5-20)13-3-2-12(17)9-14(13)22(24)25/h2-3,8-9H,4-7,10H2,1H3,(H,18,19,23). The van der Waals surface area contributed by atoms with Crippen molar-refractivity contribution in [2.24, 2.45) is 0 Å². The number of hydrogen-bond donors (Lipinski definition) is 1. The lowest BCUT2D eigenvalue weighted by atomic mass is 10.2. The maximum atomic E-state index is 12.1. The Hall–Kier alpha value is -2.65. The van der Waals surface area contributed by atoms with E-state index in [-0.39, 0.29) is 18.1 Å². The Labute approximate surface area is 154 Å². The van der Waals surface area contributed by atoms with Crippen LogP contribution >= 0.6 is 11.6 Å². The highest BCUT2D eigenvalue weighted by Crippen LogP contribution is 2.31. The topological polar surface area (TPSA) is 105 Å². The van der Waals surface area contributed by atoms with Gasteiger partial charge in [0.2, 0.25) is 5.91 Å². The Bertz CT molecular complexity index is 817. The van der Waals surface area contributed by atoms with E-state index >= 15 is 0 Å². The number of carbonyl (C=O) groups excluding carboxylic acids is 1. The van der Waals surface area contributed by atoms with E-state index in [1.807, 2.05) is 9.80 Å². The third-order valence-corrected chi connectivity index (χ3v) is 4.34. The van der Waals surface area contributed by atoms with Crippen molar-refractivity contribution < 1.29 is 14.2 Å². The highest BCUT2D eigenvalue weighted by Gasteiger charge is 2.25. The van der Waals surface area contributed by atoms with Gasteiger partial charge in [-0.1, -0.05) is 16.8 Å². The van der Waals surface area contributed by atoms with E-state index in [1.54, 1.807) is 25.1 Å². The number of aromatic nitrogens is 1. The number of halogens is 1. The summed E-state index contributed by atoms with van der Waals surface area (Å²) in [5.41, 5.74) is 0.534. The number of amides is 1. The van der Waals surface area contributed by atoms with Crippen molar-refractivity contribution in [2.75, 3.05) is 42.9 Å². The first-order chi connectivity index (χ1) is 12.4. The second kappa shape index (κ2) is 7.71. The van der Waals surface area contributed by atoms with E-state index in [2.05, 4.69) is 10.5 Å². The molecule has 1 aromatic heterocycles. The van der Waals surface area contributed by atoms with Gasteiger partial charge in [0.25, 0.3) is 5.69 Å². The van der Waals surface area contributed by atoms with Gasteiger partial charge in [-0.2, -0.15) is 0 Å². The molecular weight excluding hydrogens is 362 g/mol. The molecule has 2 aromatic rings. The first-order valence-electron chi connectivity index (χ1n) is 8.07. The fourth-order valence-corrected chi connectivity index (χ4v) is 3.03. The van der Waals surface area contributed by atoms with Gasteiger partial charge in [-0.05, 0) is 19.1 Å². The van der Waals surface area contributed by atoms with Gasteiger partial charge < -0.3 is 14.7 Å². The fraction of sp³-hybridized carbons (Fsp3) is 0.375. The molecule has 0 radical (unpaired) electrons. The first kappa shape index (κ1) is 18.2. The van der Waals surface area contributed by atoms with Gasteiger partial charge in [-0.3, -0.25) is 19.8 Å². The molecule has 26 heavy (non-hydrogen) atoms. The SMILES string of the molecule is Cc1cc(NC(=O)CN2CCN(c3ccc(Cl)cc3[N+](=O)[O-])CC2)no1. The summed E-state index contributed by atoms with van der Waals surface area (Å²) >= 11 is 5.86. The third-order valence-electron chi connectivity index (χ3n) is 4.11. The quantitative estimate of drug-likeness (QED) is 0.627. The van der Waals surface area contributed by atoms with Crippen molar-refractivity contribution in [1.29, 1.82) is 0 Å². The van der Waals surface area contributed by atoms with Gasteiger partial charge >= 0.3 is 0 Å². The van der Waals surface area contributed by atoms with Gasteiger partial charge in [-0.25, -0.2) is 0 Å². The molecule has 1 N–H and O–H groups in total. The molecular formula is C16H18ClN5O4. The highest BCUT2D eigenvalue weighted by atomic mass is 35.5. The molecule has 1 aromatic carbocycles. The van der Waals surface area contributed by atoms with Crippen LogP contribution in [-0.2, 0) is 4.79 Å². The van der Waals surface area contributed by atoms with Crippen LogP contribution in [0.25, 0.3) is 0 Å². The van der Waals surface area contributed by atoms with Crippen LogP contribution in [-0.4, -0.2) is 53.6 Å². The summed E-state index contributed by atoms with van der Waals surface area (Å²) < 4.78 is 4.91. The first-order valence-corrected chi connectivity index (χ1v) is 8.44. The number of nitro groups is 1. The van der Waals surface area contributed by atoms with E-state index < -0.39 is 4.92 Å². The number of benzene rings is 1. The zero-order chi connectivity index (χ0) is 18.7. The molecule has 1 aliphatic heterocycles. The summed E-state index contributed by atoms with van der Waals surface area (Å²) in [5, 5.41) is 18.0. The Kier molecular flexibility index (Phi) is 5.38. The molecule has 138 valence electrons. The molecule has 10 heteroatoms. The second-order valence-corrected chi connectivity index (χ2v) is 6.46. The van der Waals surface area contributed by atoms with E-state index in [0.717, 1.165) is 0 Å². The van der Waals surface area contributed by atoms with Crippen LogP contribution in [0.15, 0.2) is 28.8 Å². The van der Waals surface area contributed by atoms with Crippen LogP contribution < -0.4 is 10.2 Å². The molecule has 9 nitrogen and oxygen atoms in total. The number of nitrogens with one attached hydrogen (secondary N) is 1. The van der Waals surface area contributed by atoms with E-state index in [1.165, 1.54) is 6.07 Å². The Morgan fingerprint density at radius 2 is 2.08 bits per heavy atom. The molecule has 1 saturated heterocycles. The Morgan fingerprint density at radius 3 is 2.69 bits per heavy atom. The number of hydrogen-bond acceptors (Lipinski definition) is 7. The zero-order valence-corrected chi connectivity index (χ0v) is 14.9. The lowest BCUT2D eigenvalue weighted by Crippen LogP contribution is -2.48. The van der Waals surface area contributed by atoms with Crippen molar-refractivity contribution in [2.45, 2.75) is 6.92 Å². The minimum atomic E-state index is -0.430. The number of rotatable bonds is 5. The van der Waals surface area contributed by atoms with Gasteiger partial charge in [0.05, 0.1) is 11.5 Å². The largest absolute Gasteiger partial charge is 0.363 e. The minimum absolute atomic E-state index is 0.00917. The number of carbonyl (C=O) groups is 1. The van der Waals surface area contributed by atoms with Gasteiger partial charge in [0, 0.05) is 43.3 Å². The Balaban J connectivity index is 1.56. The lowest BCUT2D eigenvalue weighted by molar-refractivity contribution is -0.384. The van der Waals surface area contributed by atoms with Crippen LogP contribution in [0.3, 0.4) is 0 Å². The van der Waals surface area contributed by atoms with E-state index in [4.69, 9.17) is 16.1 Å². The average Bonchev–Trinajstić information content (AvgIpc) is 3.00. The molecule has 0 spiro atoms. The van der Waals surface area contributed by atoms with Crippen molar-refractivity contribution in [1.82, 2.24) is 10.1 Å². The summed E-state index contributed by atoms with van der Waals surface area (Å²) in [4.78, 5) is 26.8. The number of nitro benzene ring substituents is 1. The highest BCUT2D eigenvalue weighted by molar-refractivity contribution is 6.30. The van der Waals surface area contributed by atoms with Gasteiger partial charge in [0.15, 0.2) is 5.82 Å². The van der Waals surface area contributed by atoms with Crippen molar-refractivity contribution in [3.8, 4) is 0 Å². The van der Waals surface area contributed by atoms with E-state index in [9.17, 15) is 14.9 Å². The zero-order valence-electron chi connectivity index (χ0n) is 14.1. The lowest BCUT2D eigenvalue weighted by Gasteiger charge is -2.35.